The molecule has 2 aromatic rings. The first kappa shape index (κ1) is 16.3. The zero-order valence-electron chi connectivity index (χ0n) is 13.9. The Bertz CT molecular complexity index is 795. The van der Waals surface area contributed by atoms with Crippen molar-refractivity contribution in [1.82, 2.24) is 5.32 Å². The molecule has 0 aromatic heterocycles. The number of hydrogen-bond donors (Lipinski definition) is 1. The summed E-state index contributed by atoms with van der Waals surface area (Å²) in [4.78, 5) is 25.7. The largest absolute Gasteiger partial charge is 0.349 e. The molecule has 3 nitrogen and oxygen atoms in total. The van der Waals surface area contributed by atoms with E-state index in [-0.39, 0.29) is 17.7 Å². The summed E-state index contributed by atoms with van der Waals surface area (Å²) in [5.74, 6) is 0.949. The molecule has 2 saturated carbocycles. The monoisotopic (exact) mass is 353 g/mol. The maximum Gasteiger partial charge on any atom is 0.252 e. The maximum absolute atomic E-state index is 12.8. The highest BCUT2D eigenvalue weighted by Gasteiger charge is 2.42. The van der Waals surface area contributed by atoms with Crippen molar-refractivity contribution >= 4 is 23.3 Å². The van der Waals surface area contributed by atoms with Crippen LogP contribution in [0, 0.1) is 11.8 Å². The van der Waals surface area contributed by atoms with Gasteiger partial charge in [0.1, 0.15) is 0 Å². The summed E-state index contributed by atoms with van der Waals surface area (Å²) in [7, 11) is 0. The van der Waals surface area contributed by atoms with Gasteiger partial charge in [-0.25, -0.2) is 0 Å². The van der Waals surface area contributed by atoms with E-state index in [4.69, 9.17) is 11.6 Å². The quantitative estimate of drug-likeness (QED) is 0.778. The molecule has 0 saturated heterocycles. The summed E-state index contributed by atoms with van der Waals surface area (Å²) in [5.41, 5.74) is 1.42. The van der Waals surface area contributed by atoms with Gasteiger partial charge in [0.25, 0.3) is 5.91 Å². The molecule has 2 aromatic carbocycles. The van der Waals surface area contributed by atoms with Gasteiger partial charge in [-0.1, -0.05) is 29.8 Å². The Balaban J connectivity index is 1.58. The minimum Gasteiger partial charge on any atom is -0.349 e. The molecular formula is C21H20ClNO2. The Morgan fingerprint density at radius 3 is 2.00 bits per heavy atom. The molecule has 128 valence electrons. The van der Waals surface area contributed by atoms with Crippen molar-refractivity contribution in [1.29, 1.82) is 0 Å². The van der Waals surface area contributed by atoms with Crippen molar-refractivity contribution in [3.05, 3.63) is 70.2 Å². The molecule has 4 heteroatoms. The molecule has 0 bridgehead atoms. The second-order valence-electron chi connectivity index (χ2n) is 7.06. The Kier molecular flexibility index (Phi) is 4.34. The molecule has 0 spiro atoms. The topological polar surface area (TPSA) is 46.2 Å². The summed E-state index contributed by atoms with van der Waals surface area (Å²) in [6, 6.07) is 14.1. The lowest BCUT2D eigenvalue weighted by Crippen LogP contribution is -2.38. The van der Waals surface area contributed by atoms with Gasteiger partial charge < -0.3 is 5.32 Å². The average molecular weight is 354 g/mol. The van der Waals surface area contributed by atoms with Crippen LogP contribution < -0.4 is 5.32 Å². The molecule has 2 fully saturated rings. The Labute approximate surface area is 152 Å². The lowest BCUT2D eigenvalue weighted by Gasteiger charge is -2.18. The van der Waals surface area contributed by atoms with Gasteiger partial charge in [-0.15, -0.1) is 0 Å². The summed E-state index contributed by atoms with van der Waals surface area (Å²) in [5, 5.41) is 3.78. The number of benzene rings is 2. The maximum atomic E-state index is 12.8. The van der Waals surface area contributed by atoms with Crippen LogP contribution in [0.3, 0.4) is 0 Å². The van der Waals surface area contributed by atoms with Crippen LogP contribution >= 0.6 is 11.6 Å². The lowest BCUT2D eigenvalue weighted by atomic mass is 9.97. The van der Waals surface area contributed by atoms with Crippen molar-refractivity contribution < 1.29 is 9.59 Å². The summed E-state index contributed by atoms with van der Waals surface area (Å²) < 4.78 is 0. The SMILES string of the molecule is O=C(NC(C1CC1)C1CC1)c1ccccc1C(=O)c1ccc(Cl)cc1. The molecule has 1 amide bonds. The first-order valence-electron chi connectivity index (χ1n) is 8.83. The summed E-state index contributed by atoms with van der Waals surface area (Å²) in [6.07, 6.45) is 4.80. The van der Waals surface area contributed by atoms with E-state index in [2.05, 4.69) is 5.32 Å². The number of nitrogens with one attached hydrogen (secondary N) is 1. The van der Waals surface area contributed by atoms with Crippen LogP contribution in [0.4, 0.5) is 0 Å². The lowest BCUT2D eigenvalue weighted by molar-refractivity contribution is 0.0917. The van der Waals surface area contributed by atoms with Crippen LogP contribution in [-0.4, -0.2) is 17.7 Å². The molecule has 0 heterocycles. The molecule has 0 radical (unpaired) electrons. The van der Waals surface area contributed by atoms with E-state index >= 15 is 0 Å². The van der Waals surface area contributed by atoms with Crippen molar-refractivity contribution in [3.63, 3.8) is 0 Å². The third-order valence-corrected chi connectivity index (χ3v) is 5.33. The Hall–Kier alpha value is -2.13. The zero-order chi connectivity index (χ0) is 17.4. The van der Waals surface area contributed by atoms with Gasteiger partial charge in [0.15, 0.2) is 5.78 Å². The Morgan fingerprint density at radius 1 is 0.880 bits per heavy atom. The van der Waals surface area contributed by atoms with E-state index in [0.717, 1.165) is 0 Å². The minimum absolute atomic E-state index is 0.137. The van der Waals surface area contributed by atoms with E-state index in [0.29, 0.717) is 33.5 Å². The van der Waals surface area contributed by atoms with Crippen LogP contribution in [0.2, 0.25) is 5.02 Å². The van der Waals surface area contributed by atoms with Crippen LogP contribution in [0.25, 0.3) is 0 Å². The highest BCUT2D eigenvalue weighted by molar-refractivity contribution is 6.30. The fourth-order valence-corrected chi connectivity index (χ4v) is 3.52. The number of carbonyl (C=O) groups excluding carboxylic acids is 2. The van der Waals surface area contributed by atoms with Gasteiger partial charge in [0.05, 0.1) is 5.56 Å². The van der Waals surface area contributed by atoms with Gasteiger partial charge in [0, 0.05) is 22.2 Å². The number of rotatable bonds is 6. The number of carbonyl (C=O) groups is 2. The highest BCUT2D eigenvalue weighted by Crippen LogP contribution is 2.44. The van der Waals surface area contributed by atoms with Crippen LogP contribution in [0.1, 0.15) is 52.0 Å². The standard InChI is InChI=1S/C21H20ClNO2/c22-16-11-9-15(10-12-16)20(24)17-3-1-2-4-18(17)21(25)23-19(13-5-6-13)14-7-8-14/h1-4,9-14,19H,5-8H2,(H,23,25). The van der Waals surface area contributed by atoms with Crippen molar-refractivity contribution in [2.75, 3.05) is 0 Å². The molecule has 2 aliphatic rings. The highest BCUT2D eigenvalue weighted by atomic mass is 35.5. The second kappa shape index (κ2) is 6.64. The number of hydrogen-bond acceptors (Lipinski definition) is 2. The van der Waals surface area contributed by atoms with Gasteiger partial charge in [0.2, 0.25) is 0 Å². The van der Waals surface area contributed by atoms with E-state index in [1.807, 2.05) is 0 Å². The molecule has 4 rings (SSSR count). The fraction of sp³-hybridized carbons (Fsp3) is 0.333. The third-order valence-electron chi connectivity index (χ3n) is 5.08. The molecular weight excluding hydrogens is 334 g/mol. The molecule has 0 unspecified atom stereocenters. The van der Waals surface area contributed by atoms with Crippen LogP contribution in [-0.2, 0) is 0 Å². The molecule has 2 aliphatic carbocycles. The van der Waals surface area contributed by atoms with Crippen LogP contribution in [0.15, 0.2) is 48.5 Å². The summed E-state index contributed by atoms with van der Waals surface area (Å²) in [6.45, 7) is 0. The zero-order valence-corrected chi connectivity index (χ0v) is 14.6. The fourth-order valence-electron chi connectivity index (χ4n) is 3.40. The van der Waals surface area contributed by atoms with E-state index in [9.17, 15) is 9.59 Å². The van der Waals surface area contributed by atoms with E-state index in [1.54, 1.807) is 48.5 Å². The second-order valence-corrected chi connectivity index (χ2v) is 7.49. The predicted octanol–water partition coefficient (Wildman–Crippen LogP) is 4.49. The van der Waals surface area contributed by atoms with Crippen LogP contribution in [0.5, 0.6) is 0 Å². The number of halogens is 1. The molecule has 25 heavy (non-hydrogen) atoms. The number of ketones is 1. The van der Waals surface area contributed by atoms with E-state index in [1.165, 1.54) is 25.7 Å². The normalized spacial score (nSPS) is 16.7. The summed E-state index contributed by atoms with van der Waals surface area (Å²) >= 11 is 5.90. The predicted molar refractivity (Wildman–Crippen MR) is 98.0 cm³/mol. The minimum atomic E-state index is -0.156. The Morgan fingerprint density at radius 2 is 1.44 bits per heavy atom. The first-order chi connectivity index (χ1) is 12.1. The van der Waals surface area contributed by atoms with Crippen molar-refractivity contribution in [2.45, 2.75) is 31.7 Å². The van der Waals surface area contributed by atoms with Gasteiger partial charge in [-0.2, -0.15) is 0 Å². The first-order valence-corrected chi connectivity index (χ1v) is 9.21. The van der Waals surface area contributed by atoms with Crippen molar-refractivity contribution in [3.8, 4) is 0 Å². The third kappa shape index (κ3) is 3.62. The van der Waals surface area contributed by atoms with E-state index < -0.39 is 0 Å². The van der Waals surface area contributed by atoms with Gasteiger partial charge in [-0.3, -0.25) is 9.59 Å². The van der Waals surface area contributed by atoms with Crippen molar-refractivity contribution in [2.24, 2.45) is 11.8 Å². The molecule has 0 atom stereocenters. The van der Waals surface area contributed by atoms with Gasteiger partial charge in [-0.05, 0) is 67.9 Å². The molecule has 0 aliphatic heterocycles. The molecule has 1 N–H and O–H groups in total. The van der Waals surface area contributed by atoms with Gasteiger partial charge >= 0.3 is 0 Å². The number of amides is 1. The average Bonchev–Trinajstić information content (AvgIpc) is 3.53. The smallest absolute Gasteiger partial charge is 0.252 e.